The minimum atomic E-state index is -0.397. The second-order valence-corrected chi connectivity index (χ2v) is 5.14. The van der Waals surface area contributed by atoms with Crippen molar-refractivity contribution in [3.8, 4) is 0 Å². The highest BCUT2D eigenvalue weighted by Gasteiger charge is 2.26. The number of aliphatic hydroxyl groups is 1. The number of hydrogen-bond acceptors (Lipinski definition) is 3. The minimum absolute atomic E-state index is 0.397. The van der Waals surface area contributed by atoms with E-state index in [1.54, 1.807) is 11.8 Å². The maximum Gasteiger partial charge on any atom is 0.138 e. The molecule has 0 radical (unpaired) electrons. The zero-order chi connectivity index (χ0) is 10.7. The Labute approximate surface area is 99.3 Å². The van der Waals surface area contributed by atoms with Crippen molar-refractivity contribution < 1.29 is 5.11 Å². The second-order valence-electron chi connectivity index (χ2n) is 3.49. The molecule has 1 unspecified atom stereocenters. The molecule has 1 heterocycles. The average Bonchev–Trinajstić information content (AvgIpc) is 2.58. The fourth-order valence-electron chi connectivity index (χ4n) is 1.57. The molecule has 0 aromatic heterocycles. The highest BCUT2D eigenvalue weighted by Crippen LogP contribution is 2.22. The van der Waals surface area contributed by atoms with Crippen LogP contribution in [0, 0.1) is 0 Å². The van der Waals surface area contributed by atoms with Crippen LogP contribution in [-0.4, -0.2) is 32.9 Å². The van der Waals surface area contributed by atoms with E-state index in [0.29, 0.717) is 5.75 Å². The van der Waals surface area contributed by atoms with Crippen LogP contribution < -0.4 is 0 Å². The van der Waals surface area contributed by atoms with Gasteiger partial charge >= 0.3 is 0 Å². The van der Waals surface area contributed by atoms with Crippen LogP contribution >= 0.6 is 24.0 Å². The van der Waals surface area contributed by atoms with Gasteiger partial charge in [-0.3, -0.25) is 0 Å². The molecule has 0 bridgehead atoms. The predicted molar refractivity (Wildman–Crippen MR) is 67.9 cm³/mol. The quantitative estimate of drug-likeness (QED) is 0.814. The summed E-state index contributed by atoms with van der Waals surface area (Å²) in [7, 11) is 0. The van der Waals surface area contributed by atoms with E-state index >= 15 is 0 Å². The summed E-state index contributed by atoms with van der Waals surface area (Å²) >= 11 is 6.72. The van der Waals surface area contributed by atoms with Crippen LogP contribution in [0.3, 0.4) is 0 Å². The molecule has 1 aromatic carbocycles. The van der Waals surface area contributed by atoms with Crippen molar-refractivity contribution >= 4 is 28.3 Å². The molecule has 0 amide bonds. The SMILES string of the molecule is OC1CSC(=S)N1CCc1ccccc1. The van der Waals surface area contributed by atoms with Gasteiger partial charge in [-0.15, -0.1) is 0 Å². The van der Waals surface area contributed by atoms with Gasteiger partial charge in [-0.2, -0.15) is 0 Å². The van der Waals surface area contributed by atoms with E-state index in [9.17, 15) is 5.11 Å². The number of thiocarbonyl (C=S) groups is 1. The lowest BCUT2D eigenvalue weighted by Gasteiger charge is -2.21. The zero-order valence-electron chi connectivity index (χ0n) is 8.30. The third-order valence-corrected chi connectivity index (χ3v) is 3.97. The number of aliphatic hydroxyl groups excluding tert-OH is 1. The Balaban J connectivity index is 1.91. The Bertz CT molecular complexity index is 342. The fourth-order valence-corrected chi connectivity index (χ4v) is 2.84. The second kappa shape index (κ2) is 4.96. The lowest BCUT2D eigenvalue weighted by atomic mass is 10.1. The maximum atomic E-state index is 9.65. The van der Waals surface area contributed by atoms with Crippen molar-refractivity contribution in [2.75, 3.05) is 12.3 Å². The van der Waals surface area contributed by atoms with E-state index in [0.717, 1.165) is 17.3 Å². The van der Waals surface area contributed by atoms with E-state index in [1.807, 2.05) is 23.1 Å². The molecule has 1 aliphatic heterocycles. The highest BCUT2D eigenvalue weighted by molar-refractivity contribution is 8.23. The number of nitrogens with zero attached hydrogens (tertiary/aromatic N) is 1. The molecule has 1 fully saturated rings. The summed E-state index contributed by atoms with van der Waals surface area (Å²) < 4.78 is 0.818. The summed E-state index contributed by atoms with van der Waals surface area (Å²) in [5, 5.41) is 9.65. The van der Waals surface area contributed by atoms with Crippen molar-refractivity contribution in [2.45, 2.75) is 12.6 Å². The van der Waals surface area contributed by atoms with Gasteiger partial charge in [0.05, 0.1) is 0 Å². The Morgan fingerprint density at radius 1 is 1.40 bits per heavy atom. The molecule has 1 aliphatic rings. The minimum Gasteiger partial charge on any atom is -0.373 e. The number of hydrogen-bond donors (Lipinski definition) is 1. The maximum absolute atomic E-state index is 9.65. The largest absolute Gasteiger partial charge is 0.373 e. The molecule has 4 heteroatoms. The molecular formula is C11H13NOS2. The Morgan fingerprint density at radius 3 is 2.73 bits per heavy atom. The molecular weight excluding hydrogens is 226 g/mol. The van der Waals surface area contributed by atoms with E-state index in [1.165, 1.54) is 5.56 Å². The van der Waals surface area contributed by atoms with E-state index in [-0.39, 0.29) is 0 Å². The summed E-state index contributed by atoms with van der Waals surface area (Å²) in [4.78, 5) is 1.90. The summed E-state index contributed by atoms with van der Waals surface area (Å²) in [6, 6.07) is 10.3. The highest BCUT2D eigenvalue weighted by atomic mass is 32.2. The summed E-state index contributed by atoms with van der Waals surface area (Å²) in [5.74, 6) is 0.702. The smallest absolute Gasteiger partial charge is 0.138 e. The number of thioether (sulfide) groups is 1. The van der Waals surface area contributed by atoms with Crippen molar-refractivity contribution in [1.29, 1.82) is 0 Å². The van der Waals surface area contributed by atoms with Crippen molar-refractivity contribution in [3.63, 3.8) is 0 Å². The predicted octanol–water partition coefficient (Wildman–Crippen LogP) is 1.88. The normalized spacial score (nSPS) is 21.0. The molecule has 0 saturated carbocycles. The van der Waals surface area contributed by atoms with E-state index in [2.05, 4.69) is 12.1 Å². The first-order valence-electron chi connectivity index (χ1n) is 4.93. The van der Waals surface area contributed by atoms with Crippen LogP contribution in [0.2, 0.25) is 0 Å². The average molecular weight is 239 g/mol. The summed E-state index contributed by atoms with van der Waals surface area (Å²) in [6.07, 6.45) is 0.532. The Kier molecular flexibility index (Phi) is 3.61. The van der Waals surface area contributed by atoms with Gasteiger partial charge in [0.1, 0.15) is 10.5 Å². The molecule has 1 N–H and O–H groups in total. The Hall–Kier alpha value is -0.580. The van der Waals surface area contributed by atoms with E-state index in [4.69, 9.17) is 12.2 Å². The summed E-state index contributed by atoms with van der Waals surface area (Å²) in [5.41, 5.74) is 1.28. The molecule has 80 valence electrons. The number of rotatable bonds is 3. The first-order valence-corrected chi connectivity index (χ1v) is 6.32. The van der Waals surface area contributed by atoms with Crippen LogP contribution in [0.25, 0.3) is 0 Å². The molecule has 1 saturated heterocycles. The molecule has 1 aromatic rings. The fraction of sp³-hybridized carbons (Fsp3) is 0.364. The lowest BCUT2D eigenvalue weighted by Crippen LogP contribution is -2.34. The third-order valence-electron chi connectivity index (χ3n) is 2.43. The standard InChI is InChI=1S/C11H13NOS2/c13-10-8-15-11(14)12(10)7-6-9-4-2-1-3-5-9/h1-5,10,13H,6-8H2. The van der Waals surface area contributed by atoms with Crippen molar-refractivity contribution in [1.82, 2.24) is 4.90 Å². The van der Waals surface area contributed by atoms with Crippen LogP contribution in [0.1, 0.15) is 5.56 Å². The summed E-state index contributed by atoms with van der Waals surface area (Å²) in [6.45, 7) is 0.803. The first-order chi connectivity index (χ1) is 7.27. The van der Waals surface area contributed by atoms with Crippen LogP contribution in [0.15, 0.2) is 30.3 Å². The van der Waals surface area contributed by atoms with Gasteiger partial charge in [-0.25, -0.2) is 0 Å². The van der Waals surface area contributed by atoms with Crippen LogP contribution in [0.5, 0.6) is 0 Å². The third kappa shape index (κ3) is 2.71. The van der Waals surface area contributed by atoms with Gasteiger partial charge in [0, 0.05) is 12.3 Å². The first kappa shape index (κ1) is 10.9. The van der Waals surface area contributed by atoms with Gasteiger partial charge in [0.15, 0.2) is 0 Å². The monoisotopic (exact) mass is 239 g/mol. The molecule has 2 rings (SSSR count). The van der Waals surface area contributed by atoms with Crippen molar-refractivity contribution in [2.24, 2.45) is 0 Å². The molecule has 1 atom stereocenters. The molecule has 0 spiro atoms. The lowest BCUT2D eigenvalue weighted by molar-refractivity contribution is 0.0849. The molecule has 0 aliphatic carbocycles. The van der Waals surface area contributed by atoms with Crippen LogP contribution in [-0.2, 0) is 6.42 Å². The number of benzene rings is 1. The van der Waals surface area contributed by atoms with Gasteiger partial charge in [-0.1, -0.05) is 54.3 Å². The molecule has 15 heavy (non-hydrogen) atoms. The topological polar surface area (TPSA) is 23.5 Å². The van der Waals surface area contributed by atoms with E-state index < -0.39 is 6.23 Å². The van der Waals surface area contributed by atoms with Crippen molar-refractivity contribution in [3.05, 3.63) is 35.9 Å². The molecule has 2 nitrogen and oxygen atoms in total. The van der Waals surface area contributed by atoms with Gasteiger partial charge in [0.25, 0.3) is 0 Å². The Morgan fingerprint density at radius 2 is 2.13 bits per heavy atom. The van der Waals surface area contributed by atoms with Crippen LogP contribution in [0.4, 0.5) is 0 Å². The van der Waals surface area contributed by atoms with Gasteiger partial charge < -0.3 is 10.0 Å². The van der Waals surface area contributed by atoms with Gasteiger partial charge in [0.2, 0.25) is 0 Å². The van der Waals surface area contributed by atoms with Gasteiger partial charge in [-0.05, 0) is 12.0 Å². The zero-order valence-corrected chi connectivity index (χ0v) is 9.93.